The fourth-order valence-electron chi connectivity index (χ4n) is 1.96. The number of nitrogens with one attached hydrogen (secondary N) is 2. The molecule has 0 aromatic rings. The van der Waals surface area contributed by atoms with E-state index in [1.165, 1.54) is 11.8 Å². The van der Waals surface area contributed by atoms with Crippen molar-refractivity contribution in [2.24, 2.45) is 5.73 Å². The average Bonchev–Trinajstić information content (AvgIpc) is 2.58. The number of carbonyl (C=O) groups excluding carboxylic acids is 2. The maximum atomic E-state index is 12.4. The topological polar surface area (TPSA) is 159 Å². The van der Waals surface area contributed by atoms with E-state index in [0.29, 0.717) is 24.3 Å². The van der Waals surface area contributed by atoms with Gasteiger partial charge in [-0.15, -0.1) is 0 Å². The molecule has 0 saturated heterocycles. The van der Waals surface area contributed by atoms with Gasteiger partial charge < -0.3 is 26.6 Å². The summed E-state index contributed by atoms with van der Waals surface area (Å²) in [5.41, 5.74) is 5.79. The van der Waals surface area contributed by atoms with Gasteiger partial charge in [-0.3, -0.25) is 14.4 Å². The van der Waals surface area contributed by atoms with E-state index in [0.717, 1.165) is 0 Å². The van der Waals surface area contributed by atoms with Gasteiger partial charge in [0.05, 0.1) is 6.04 Å². The average molecular weight is 410 g/mol. The Morgan fingerprint density at radius 2 is 1.42 bits per heavy atom. The van der Waals surface area contributed by atoms with Crippen molar-refractivity contribution < 1.29 is 29.4 Å². The Morgan fingerprint density at radius 1 is 0.885 bits per heavy atom. The molecule has 0 aromatic heterocycles. The smallest absolute Gasteiger partial charge is 0.326 e. The molecule has 0 aliphatic rings. The molecule has 0 bridgehead atoms. The Morgan fingerprint density at radius 3 is 1.92 bits per heavy atom. The van der Waals surface area contributed by atoms with Gasteiger partial charge in [-0.1, -0.05) is 0 Å². The van der Waals surface area contributed by atoms with Gasteiger partial charge in [0.25, 0.3) is 0 Å². The van der Waals surface area contributed by atoms with Gasteiger partial charge >= 0.3 is 11.9 Å². The van der Waals surface area contributed by atoms with Crippen LogP contribution < -0.4 is 16.4 Å². The van der Waals surface area contributed by atoms with E-state index >= 15 is 0 Å². The molecule has 11 heteroatoms. The van der Waals surface area contributed by atoms with Gasteiger partial charge in [0.15, 0.2) is 0 Å². The monoisotopic (exact) mass is 409 g/mol. The van der Waals surface area contributed by atoms with Crippen LogP contribution in [0.3, 0.4) is 0 Å². The summed E-state index contributed by atoms with van der Waals surface area (Å²) in [6, 6.07) is -3.02. The summed E-state index contributed by atoms with van der Waals surface area (Å²) in [4.78, 5) is 46.3. The third-order valence-corrected chi connectivity index (χ3v) is 4.76. The number of amides is 2. The van der Waals surface area contributed by atoms with E-state index in [4.69, 9.17) is 15.9 Å². The van der Waals surface area contributed by atoms with Crippen molar-refractivity contribution in [3.8, 4) is 0 Å². The highest BCUT2D eigenvalue weighted by Gasteiger charge is 2.27. The van der Waals surface area contributed by atoms with Crippen LogP contribution in [0.1, 0.15) is 25.7 Å². The van der Waals surface area contributed by atoms with Crippen LogP contribution in [0.2, 0.25) is 0 Å². The van der Waals surface area contributed by atoms with E-state index in [9.17, 15) is 19.2 Å². The van der Waals surface area contributed by atoms with Gasteiger partial charge in [-0.25, -0.2) is 4.79 Å². The summed E-state index contributed by atoms with van der Waals surface area (Å²) in [5, 5.41) is 22.7. The molecule has 0 heterocycles. The van der Waals surface area contributed by atoms with Gasteiger partial charge in [0.2, 0.25) is 11.8 Å². The van der Waals surface area contributed by atoms with E-state index in [-0.39, 0.29) is 6.42 Å². The molecule has 0 aliphatic heterocycles. The summed E-state index contributed by atoms with van der Waals surface area (Å²) < 4.78 is 0. The Labute approximate surface area is 161 Å². The molecule has 2 amide bonds. The Hall–Kier alpha value is -1.46. The molecule has 3 unspecified atom stereocenters. The standard InChI is InChI=1S/C15H27N3O6S2/c1-25-7-5-9(16)13(21)17-10(6-8-26-2)14(22)18-11(15(23)24)3-4-12(19)20/h9-11H,3-8,16H2,1-2H3,(H,17,21)(H,18,22)(H,19,20)(H,23,24). The van der Waals surface area contributed by atoms with Crippen LogP contribution in [0.5, 0.6) is 0 Å². The van der Waals surface area contributed by atoms with Crippen LogP contribution in [0.4, 0.5) is 0 Å². The summed E-state index contributed by atoms with van der Waals surface area (Å²) in [7, 11) is 0. The number of rotatable bonds is 14. The molecular formula is C15H27N3O6S2. The van der Waals surface area contributed by atoms with Crippen molar-refractivity contribution in [2.75, 3.05) is 24.0 Å². The summed E-state index contributed by atoms with van der Waals surface area (Å²) >= 11 is 3.03. The van der Waals surface area contributed by atoms with Gasteiger partial charge in [-0.05, 0) is 43.3 Å². The SMILES string of the molecule is CSCCC(N)C(=O)NC(CCSC)C(=O)NC(CCC(=O)O)C(=O)O. The van der Waals surface area contributed by atoms with Gasteiger partial charge in [-0.2, -0.15) is 23.5 Å². The van der Waals surface area contributed by atoms with Crippen molar-refractivity contribution in [3.63, 3.8) is 0 Å². The fraction of sp³-hybridized carbons (Fsp3) is 0.733. The summed E-state index contributed by atoms with van der Waals surface area (Å²) in [5.74, 6) is -2.35. The normalized spacial score (nSPS) is 14.1. The minimum atomic E-state index is -1.34. The summed E-state index contributed by atoms with van der Waals surface area (Å²) in [6.07, 6.45) is 3.86. The highest BCUT2D eigenvalue weighted by Crippen LogP contribution is 2.05. The van der Waals surface area contributed by atoms with E-state index in [1.807, 2.05) is 12.5 Å². The number of hydrogen-bond acceptors (Lipinski definition) is 7. The number of carboxylic acid groups (broad SMARTS) is 2. The second-order valence-electron chi connectivity index (χ2n) is 5.56. The maximum Gasteiger partial charge on any atom is 0.326 e. The Bertz CT molecular complexity index is 492. The molecule has 150 valence electrons. The molecule has 0 aliphatic carbocycles. The maximum absolute atomic E-state index is 12.4. The zero-order valence-corrected chi connectivity index (χ0v) is 16.5. The lowest BCUT2D eigenvalue weighted by molar-refractivity contribution is -0.143. The number of carboxylic acids is 2. The molecule has 0 spiro atoms. The molecule has 0 radical (unpaired) electrons. The van der Waals surface area contributed by atoms with E-state index in [1.54, 1.807) is 11.8 Å². The molecule has 0 aromatic carbocycles. The van der Waals surface area contributed by atoms with Crippen molar-refractivity contribution in [3.05, 3.63) is 0 Å². The molecule has 3 atom stereocenters. The number of aliphatic carboxylic acids is 2. The molecule has 26 heavy (non-hydrogen) atoms. The lowest BCUT2D eigenvalue weighted by atomic mass is 10.1. The predicted molar refractivity (Wildman–Crippen MR) is 102 cm³/mol. The first kappa shape index (κ1) is 24.5. The first-order chi connectivity index (χ1) is 12.2. The minimum Gasteiger partial charge on any atom is -0.481 e. The molecular weight excluding hydrogens is 382 g/mol. The number of carbonyl (C=O) groups is 4. The van der Waals surface area contributed by atoms with Crippen LogP contribution in [0.15, 0.2) is 0 Å². The quantitative estimate of drug-likeness (QED) is 0.260. The van der Waals surface area contributed by atoms with Crippen molar-refractivity contribution in [1.82, 2.24) is 10.6 Å². The zero-order valence-electron chi connectivity index (χ0n) is 14.9. The predicted octanol–water partition coefficient (Wildman–Crippen LogP) is -0.261. The molecule has 0 rings (SSSR count). The first-order valence-corrected chi connectivity index (χ1v) is 10.8. The fourth-order valence-corrected chi connectivity index (χ4v) is 2.92. The second kappa shape index (κ2) is 13.7. The van der Waals surface area contributed by atoms with Gasteiger partial charge in [0, 0.05) is 6.42 Å². The number of hydrogen-bond donors (Lipinski definition) is 5. The van der Waals surface area contributed by atoms with Crippen LogP contribution in [0.25, 0.3) is 0 Å². The van der Waals surface area contributed by atoms with Crippen molar-refractivity contribution in [1.29, 1.82) is 0 Å². The molecule has 9 nitrogen and oxygen atoms in total. The zero-order chi connectivity index (χ0) is 20.1. The first-order valence-electron chi connectivity index (χ1n) is 8.01. The third kappa shape index (κ3) is 10.5. The molecule has 0 fully saturated rings. The van der Waals surface area contributed by atoms with Gasteiger partial charge in [0.1, 0.15) is 12.1 Å². The van der Waals surface area contributed by atoms with Crippen LogP contribution in [-0.2, 0) is 19.2 Å². The van der Waals surface area contributed by atoms with E-state index < -0.39 is 48.3 Å². The molecule has 0 saturated carbocycles. The lowest BCUT2D eigenvalue weighted by Crippen LogP contribution is -2.54. The van der Waals surface area contributed by atoms with Crippen LogP contribution in [-0.4, -0.2) is 76.1 Å². The Kier molecular flexibility index (Phi) is 12.9. The molecule has 6 N–H and O–H groups in total. The number of nitrogens with two attached hydrogens (primary N) is 1. The van der Waals surface area contributed by atoms with Crippen molar-refractivity contribution >= 4 is 47.3 Å². The van der Waals surface area contributed by atoms with Crippen molar-refractivity contribution in [2.45, 2.75) is 43.8 Å². The largest absolute Gasteiger partial charge is 0.481 e. The van der Waals surface area contributed by atoms with E-state index in [2.05, 4.69) is 10.6 Å². The summed E-state index contributed by atoms with van der Waals surface area (Å²) in [6.45, 7) is 0. The minimum absolute atomic E-state index is 0.243. The second-order valence-corrected chi connectivity index (χ2v) is 7.53. The third-order valence-electron chi connectivity index (χ3n) is 3.47. The highest BCUT2D eigenvalue weighted by molar-refractivity contribution is 7.98. The highest BCUT2D eigenvalue weighted by atomic mass is 32.2. The van der Waals surface area contributed by atoms with Crippen LogP contribution in [0, 0.1) is 0 Å². The van der Waals surface area contributed by atoms with Crippen LogP contribution >= 0.6 is 23.5 Å². The number of thioether (sulfide) groups is 2. The Balaban J connectivity index is 4.90. The lowest BCUT2D eigenvalue weighted by Gasteiger charge is -2.22.